The van der Waals surface area contributed by atoms with E-state index < -0.39 is 29.0 Å². The second-order valence-electron chi connectivity index (χ2n) is 5.77. The Hall–Kier alpha value is -2.12. The Morgan fingerprint density at radius 2 is 1.96 bits per heavy atom. The zero-order valence-electron chi connectivity index (χ0n) is 12.5. The number of nitrogens with one attached hydrogen (secondary N) is 1. The number of amides is 1. The van der Waals surface area contributed by atoms with Gasteiger partial charge in [0.25, 0.3) is 11.6 Å². The van der Waals surface area contributed by atoms with Gasteiger partial charge >= 0.3 is 6.18 Å². The van der Waals surface area contributed by atoms with E-state index in [-0.39, 0.29) is 24.1 Å². The molecule has 1 amide bonds. The van der Waals surface area contributed by atoms with Gasteiger partial charge in [0.05, 0.1) is 10.8 Å². The van der Waals surface area contributed by atoms with Crippen molar-refractivity contribution in [3.05, 3.63) is 39.4 Å². The van der Waals surface area contributed by atoms with Gasteiger partial charge < -0.3 is 5.32 Å². The van der Waals surface area contributed by atoms with E-state index in [1.807, 2.05) is 0 Å². The normalized spacial score (nSPS) is 21.7. The lowest BCUT2D eigenvalue weighted by Gasteiger charge is -2.33. The van der Waals surface area contributed by atoms with E-state index in [2.05, 4.69) is 5.32 Å². The molecule has 23 heavy (non-hydrogen) atoms. The minimum atomic E-state index is -4.36. The highest BCUT2D eigenvalue weighted by Crippen LogP contribution is 2.37. The molecule has 1 N–H and O–H groups in total. The lowest BCUT2D eigenvalue weighted by Crippen LogP contribution is -2.47. The highest BCUT2D eigenvalue weighted by molar-refractivity contribution is 5.95. The Morgan fingerprint density at radius 3 is 2.57 bits per heavy atom. The standard InChI is InChI=1S/C15H17F3N2O3/c1-9-6-7-10(8-13(9)20(22)23)14(21)19-12-5-3-2-4-11(12)15(16,17)18/h6-8,11-12H,2-5H2,1H3,(H,19,21)/t11-,12+/m1/s1. The third-order valence-corrected chi connectivity index (χ3v) is 4.17. The molecule has 0 aromatic heterocycles. The first-order valence-electron chi connectivity index (χ1n) is 7.33. The number of rotatable bonds is 3. The molecule has 0 aliphatic heterocycles. The fourth-order valence-electron chi connectivity index (χ4n) is 2.89. The fraction of sp³-hybridized carbons (Fsp3) is 0.533. The van der Waals surface area contributed by atoms with Crippen LogP contribution in [0.4, 0.5) is 18.9 Å². The second kappa shape index (κ2) is 6.55. The number of benzene rings is 1. The summed E-state index contributed by atoms with van der Waals surface area (Å²) < 4.78 is 39.1. The zero-order valence-corrected chi connectivity index (χ0v) is 12.5. The van der Waals surface area contributed by atoms with Gasteiger partial charge in [0.15, 0.2) is 0 Å². The molecule has 8 heteroatoms. The van der Waals surface area contributed by atoms with Crippen molar-refractivity contribution in [1.29, 1.82) is 0 Å². The highest BCUT2D eigenvalue weighted by Gasteiger charge is 2.46. The summed E-state index contributed by atoms with van der Waals surface area (Å²) in [4.78, 5) is 22.4. The number of carbonyl (C=O) groups excluding carboxylic acids is 1. The van der Waals surface area contributed by atoms with Crippen molar-refractivity contribution in [2.75, 3.05) is 0 Å². The van der Waals surface area contributed by atoms with E-state index in [0.29, 0.717) is 18.4 Å². The molecule has 1 saturated carbocycles. The molecule has 1 fully saturated rings. The van der Waals surface area contributed by atoms with Crippen LogP contribution in [0, 0.1) is 23.0 Å². The predicted molar refractivity (Wildman–Crippen MR) is 77.1 cm³/mol. The second-order valence-corrected chi connectivity index (χ2v) is 5.77. The van der Waals surface area contributed by atoms with Gasteiger partial charge in [0.1, 0.15) is 0 Å². The lowest BCUT2D eigenvalue weighted by atomic mass is 9.84. The maximum Gasteiger partial charge on any atom is 0.393 e. The summed E-state index contributed by atoms with van der Waals surface area (Å²) in [6, 6.07) is 2.89. The number of aryl methyl sites for hydroxylation is 1. The predicted octanol–water partition coefficient (Wildman–Crippen LogP) is 3.75. The van der Waals surface area contributed by atoms with Gasteiger partial charge in [-0.15, -0.1) is 0 Å². The Bertz CT molecular complexity index is 616. The molecule has 126 valence electrons. The van der Waals surface area contributed by atoms with Crippen LogP contribution in [0.1, 0.15) is 41.6 Å². The van der Waals surface area contributed by atoms with Crippen LogP contribution in [0.5, 0.6) is 0 Å². The summed E-state index contributed by atoms with van der Waals surface area (Å²) in [5.41, 5.74) is 0.153. The van der Waals surface area contributed by atoms with E-state index in [4.69, 9.17) is 0 Å². The average Bonchev–Trinajstić information content (AvgIpc) is 2.46. The fourth-order valence-corrected chi connectivity index (χ4v) is 2.89. The Kier molecular flexibility index (Phi) is 4.91. The Labute approximate surface area is 131 Å². The molecule has 0 heterocycles. The molecule has 1 aromatic carbocycles. The van der Waals surface area contributed by atoms with E-state index in [1.54, 1.807) is 0 Å². The molecule has 2 rings (SSSR count). The number of halogens is 3. The van der Waals surface area contributed by atoms with Crippen molar-refractivity contribution >= 4 is 11.6 Å². The van der Waals surface area contributed by atoms with Crippen LogP contribution in [-0.2, 0) is 0 Å². The number of nitrogens with zero attached hydrogens (tertiary/aromatic N) is 1. The van der Waals surface area contributed by atoms with Gasteiger partial charge in [-0.05, 0) is 25.8 Å². The Balaban J connectivity index is 2.17. The van der Waals surface area contributed by atoms with Gasteiger partial charge in [-0.2, -0.15) is 13.2 Å². The molecule has 1 aromatic rings. The monoisotopic (exact) mass is 330 g/mol. The van der Waals surface area contributed by atoms with Crippen LogP contribution >= 0.6 is 0 Å². The minimum absolute atomic E-state index is 0.00574. The first kappa shape index (κ1) is 17.2. The van der Waals surface area contributed by atoms with E-state index in [1.165, 1.54) is 19.1 Å². The summed E-state index contributed by atoms with van der Waals surface area (Å²) in [5.74, 6) is -2.28. The molecular formula is C15H17F3N2O3. The average molecular weight is 330 g/mol. The summed E-state index contributed by atoms with van der Waals surface area (Å²) in [6.07, 6.45) is -3.03. The zero-order chi connectivity index (χ0) is 17.2. The third kappa shape index (κ3) is 4.00. The van der Waals surface area contributed by atoms with Crippen molar-refractivity contribution in [2.45, 2.75) is 44.8 Å². The maximum atomic E-state index is 13.0. The molecule has 2 atom stereocenters. The van der Waals surface area contributed by atoms with E-state index >= 15 is 0 Å². The summed E-state index contributed by atoms with van der Waals surface area (Å²) >= 11 is 0. The molecule has 0 radical (unpaired) electrons. The van der Waals surface area contributed by atoms with Crippen molar-refractivity contribution in [3.8, 4) is 0 Å². The topological polar surface area (TPSA) is 72.2 Å². The molecule has 1 aliphatic rings. The first-order valence-corrected chi connectivity index (χ1v) is 7.33. The van der Waals surface area contributed by atoms with E-state index in [9.17, 15) is 28.1 Å². The number of carbonyl (C=O) groups is 1. The summed E-state index contributed by atoms with van der Waals surface area (Å²) in [6.45, 7) is 1.53. The largest absolute Gasteiger partial charge is 0.393 e. The molecule has 1 aliphatic carbocycles. The quantitative estimate of drug-likeness (QED) is 0.677. The highest BCUT2D eigenvalue weighted by atomic mass is 19.4. The van der Waals surface area contributed by atoms with Gasteiger partial charge in [0, 0.05) is 23.2 Å². The molecular weight excluding hydrogens is 313 g/mol. The van der Waals surface area contributed by atoms with Crippen molar-refractivity contribution < 1.29 is 22.9 Å². The van der Waals surface area contributed by atoms with Crippen LogP contribution < -0.4 is 5.32 Å². The first-order chi connectivity index (χ1) is 10.7. The van der Waals surface area contributed by atoms with Crippen molar-refractivity contribution in [1.82, 2.24) is 5.32 Å². The number of hydrogen-bond donors (Lipinski definition) is 1. The lowest BCUT2D eigenvalue weighted by molar-refractivity contribution is -0.385. The molecule has 0 bridgehead atoms. The van der Waals surface area contributed by atoms with Crippen LogP contribution in [0.15, 0.2) is 18.2 Å². The Morgan fingerprint density at radius 1 is 1.30 bits per heavy atom. The SMILES string of the molecule is Cc1ccc(C(=O)N[C@H]2CCCC[C@H]2C(F)(F)F)cc1[N+](=O)[O-]. The van der Waals surface area contributed by atoms with E-state index in [0.717, 1.165) is 6.07 Å². The third-order valence-electron chi connectivity index (χ3n) is 4.17. The molecule has 0 unspecified atom stereocenters. The van der Waals surface area contributed by atoms with Gasteiger partial charge in [-0.1, -0.05) is 18.9 Å². The smallest absolute Gasteiger partial charge is 0.349 e. The van der Waals surface area contributed by atoms with Crippen LogP contribution in [-0.4, -0.2) is 23.0 Å². The van der Waals surface area contributed by atoms with Crippen LogP contribution in [0.2, 0.25) is 0 Å². The van der Waals surface area contributed by atoms with Crippen LogP contribution in [0.3, 0.4) is 0 Å². The van der Waals surface area contributed by atoms with Crippen molar-refractivity contribution in [3.63, 3.8) is 0 Å². The maximum absolute atomic E-state index is 13.0. The number of nitro groups is 1. The van der Waals surface area contributed by atoms with Gasteiger partial charge in [0.2, 0.25) is 0 Å². The van der Waals surface area contributed by atoms with Gasteiger partial charge in [-0.3, -0.25) is 14.9 Å². The molecule has 0 spiro atoms. The van der Waals surface area contributed by atoms with Crippen molar-refractivity contribution in [2.24, 2.45) is 5.92 Å². The summed E-state index contributed by atoms with van der Waals surface area (Å²) in [5, 5.41) is 13.3. The minimum Gasteiger partial charge on any atom is -0.349 e. The summed E-state index contributed by atoms with van der Waals surface area (Å²) in [7, 11) is 0. The van der Waals surface area contributed by atoms with Gasteiger partial charge in [-0.25, -0.2) is 0 Å². The van der Waals surface area contributed by atoms with Crippen LogP contribution in [0.25, 0.3) is 0 Å². The molecule has 5 nitrogen and oxygen atoms in total. The molecule has 0 saturated heterocycles. The number of alkyl halides is 3. The number of nitro benzene ring substituents is 1. The number of hydrogen-bond acceptors (Lipinski definition) is 3.